The lowest BCUT2D eigenvalue weighted by molar-refractivity contribution is 0.00594. The van der Waals surface area contributed by atoms with Crippen molar-refractivity contribution in [2.45, 2.75) is 39.7 Å². The topological polar surface area (TPSA) is 58.6 Å². The number of amides is 1. The van der Waals surface area contributed by atoms with Crippen LogP contribution in [0, 0.1) is 12.8 Å². The van der Waals surface area contributed by atoms with Crippen molar-refractivity contribution in [1.29, 1.82) is 0 Å². The van der Waals surface area contributed by atoms with E-state index in [4.69, 9.17) is 4.74 Å². The Morgan fingerprint density at radius 1 is 1.63 bits per heavy atom. The zero-order valence-electron chi connectivity index (χ0n) is 12.2. The van der Waals surface area contributed by atoms with Gasteiger partial charge >= 0.3 is 0 Å². The molecule has 0 spiro atoms. The third kappa shape index (κ3) is 3.94. The molecular weight excluding hydrogens is 262 g/mol. The van der Waals surface area contributed by atoms with E-state index in [1.807, 2.05) is 26.8 Å². The predicted molar refractivity (Wildman–Crippen MR) is 78.0 cm³/mol. The number of carbonyl (C=O) groups excluding carboxylic acids is 1. The molecule has 1 heterocycles. The molecule has 2 N–H and O–H groups in total. The molecule has 5 heteroatoms. The van der Waals surface area contributed by atoms with Crippen LogP contribution in [-0.2, 0) is 0 Å². The molecule has 1 rings (SSSR count). The van der Waals surface area contributed by atoms with Crippen LogP contribution in [0.2, 0.25) is 0 Å². The van der Waals surface area contributed by atoms with Crippen LogP contribution in [0.3, 0.4) is 0 Å². The zero-order valence-corrected chi connectivity index (χ0v) is 13.1. The smallest absolute Gasteiger partial charge is 0.265 e. The SMILES string of the molecule is CCC(C)C(C)(O)CNC(=O)c1sc(C)cc1OC. The zero-order chi connectivity index (χ0) is 14.6. The van der Waals surface area contributed by atoms with Gasteiger partial charge in [0, 0.05) is 11.4 Å². The van der Waals surface area contributed by atoms with Crippen LogP contribution in [-0.4, -0.2) is 30.3 Å². The first-order chi connectivity index (χ1) is 8.81. The fraction of sp³-hybridized carbons (Fsp3) is 0.643. The van der Waals surface area contributed by atoms with Gasteiger partial charge < -0.3 is 15.2 Å². The number of hydrogen-bond acceptors (Lipinski definition) is 4. The third-order valence-corrected chi connectivity index (χ3v) is 4.56. The summed E-state index contributed by atoms with van der Waals surface area (Å²) in [5, 5.41) is 13.1. The summed E-state index contributed by atoms with van der Waals surface area (Å²) in [4.78, 5) is 13.7. The van der Waals surface area contributed by atoms with E-state index in [1.54, 1.807) is 14.0 Å². The first-order valence-corrected chi connectivity index (χ1v) is 7.28. The number of methoxy groups -OCH3 is 1. The van der Waals surface area contributed by atoms with Crippen molar-refractivity contribution < 1.29 is 14.6 Å². The van der Waals surface area contributed by atoms with Gasteiger partial charge in [0.2, 0.25) is 0 Å². The van der Waals surface area contributed by atoms with Crippen LogP contribution >= 0.6 is 11.3 Å². The van der Waals surface area contributed by atoms with Gasteiger partial charge in [-0.25, -0.2) is 0 Å². The molecule has 0 fully saturated rings. The molecule has 1 amide bonds. The minimum Gasteiger partial charge on any atom is -0.495 e. The Labute approximate surface area is 118 Å². The average molecular weight is 285 g/mol. The lowest BCUT2D eigenvalue weighted by Gasteiger charge is -2.29. The molecule has 0 aliphatic carbocycles. The van der Waals surface area contributed by atoms with E-state index in [0.717, 1.165) is 11.3 Å². The minimum atomic E-state index is -0.899. The number of rotatable bonds is 6. The predicted octanol–water partition coefficient (Wildman–Crippen LogP) is 2.59. The van der Waals surface area contributed by atoms with Gasteiger partial charge in [0.25, 0.3) is 5.91 Å². The van der Waals surface area contributed by atoms with Crippen LogP contribution < -0.4 is 10.1 Å². The Kier molecular flexibility index (Phi) is 5.38. The molecule has 1 aromatic rings. The number of hydrogen-bond donors (Lipinski definition) is 2. The summed E-state index contributed by atoms with van der Waals surface area (Å²) in [6.07, 6.45) is 0.865. The van der Waals surface area contributed by atoms with Crippen LogP contribution in [0.15, 0.2) is 6.07 Å². The Morgan fingerprint density at radius 3 is 2.79 bits per heavy atom. The molecule has 0 saturated carbocycles. The van der Waals surface area contributed by atoms with Gasteiger partial charge in [0.1, 0.15) is 10.6 Å². The van der Waals surface area contributed by atoms with E-state index in [-0.39, 0.29) is 18.4 Å². The normalized spacial score (nSPS) is 15.7. The first-order valence-electron chi connectivity index (χ1n) is 6.46. The van der Waals surface area contributed by atoms with Crippen LogP contribution in [0.5, 0.6) is 5.75 Å². The molecule has 0 bridgehead atoms. The maximum atomic E-state index is 12.1. The molecular formula is C14H23NO3S. The number of thiophene rings is 1. The second kappa shape index (κ2) is 6.39. The van der Waals surface area contributed by atoms with Crippen molar-refractivity contribution >= 4 is 17.2 Å². The summed E-state index contributed by atoms with van der Waals surface area (Å²) < 4.78 is 5.17. The van der Waals surface area contributed by atoms with Crippen LogP contribution in [0.25, 0.3) is 0 Å². The minimum absolute atomic E-state index is 0.125. The van der Waals surface area contributed by atoms with E-state index in [2.05, 4.69) is 5.32 Å². The largest absolute Gasteiger partial charge is 0.495 e. The highest BCUT2D eigenvalue weighted by Gasteiger charge is 2.28. The summed E-state index contributed by atoms with van der Waals surface area (Å²) in [5.74, 6) is 0.515. The van der Waals surface area contributed by atoms with Crippen molar-refractivity contribution in [2.75, 3.05) is 13.7 Å². The monoisotopic (exact) mass is 285 g/mol. The van der Waals surface area contributed by atoms with Crippen molar-refractivity contribution in [1.82, 2.24) is 5.32 Å². The molecule has 1 aromatic heterocycles. The van der Waals surface area contributed by atoms with Crippen LogP contribution in [0.4, 0.5) is 0 Å². The van der Waals surface area contributed by atoms with Gasteiger partial charge in [-0.05, 0) is 25.8 Å². The number of carbonyl (C=O) groups is 1. The maximum Gasteiger partial charge on any atom is 0.265 e. The Bertz CT molecular complexity index is 440. The van der Waals surface area contributed by atoms with E-state index < -0.39 is 5.60 Å². The van der Waals surface area contributed by atoms with Crippen molar-refractivity contribution in [3.8, 4) is 5.75 Å². The molecule has 0 aliphatic rings. The summed E-state index contributed by atoms with van der Waals surface area (Å²) in [6, 6.07) is 1.84. The second-order valence-corrected chi connectivity index (χ2v) is 6.36. The first kappa shape index (κ1) is 16.0. The molecule has 0 aliphatic heterocycles. The molecule has 4 nitrogen and oxygen atoms in total. The van der Waals surface area contributed by atoms with Crippen molar-refractivity contribution in [2.24, 2.45) is 5.92 Å². The second-order valence-electron chi connectivity index (χ2n) is 5.10. The Hall–Kier alpha value is -1.07. The molecule has 19 heavy (non-hydrogen) atoms. The highest BCUT2D eigenvalue weighted by atomic mass is 32.1. The lowest BCUT2D eigenvalue weighted by Crippen LogP contribution is -2.44. The highest BCUT2D eigenvalue weighted by molar-refractivity contribution is 7.14. The molecule has 2 unspecified atom stereocenters. The molecule has 108 valence electrons. The number of aryl methyl sites for hydroxylation is 1. The molecule has 0 saturated heterocycles. The van der Waals surface area contributed by atoms with E-state index in [1.165, 1.54) is 11.3 Å². The third-order valence-electron chi connectivity index (χ3n) is 3.53. The highest BCUT2D eigenvalue weighted by Crippen LogP contribution is 2.28. The maximum absolute atomic E-state index is 12.1. The fourth-order valence-electron chi connectivity index (χ4n) is 1.75. The molecule has 0 radical (unpaired) electrons. The Morgan fingerprint density at radius 2 is 2.26 bits per heavy atom. The van der Waals surface area contributed by atoms with Gasteiger partial charge in [-0.15, -0.1) is 11.3 Å². The van der Waals surface area contributed by atoms with Crippen LogP contribution in [0.1, 0.15) is 41.7 Å². The Balaban J connectivity index is 2.70. The van der Waals surface area contributed by atoms with E-state index in [0.29, 0.717) is 10.6 Å². The number of ether oxygens (including phenoxy) is 1. The number of aliphatic hydroxyl groups is 1. The van der Waals surface area contributed by atoms with Gasteiger partial charge in [0.05, 0.1) is 12.7 Å². The molecule has 0 aromatic carbocycles. The summed E-state index contributed by atoms with van der Waals surface area (Å²) >= 11 is 1.39. The average Bonchev–Trinajstić information content (AvgIpc) is 2.76. The van der Waals surface area contributed by atoms with Gasteiger partial charge in [-0.3, -0.25) is 4.79 Å². The van der Waals surface area contributed by atoms with Gasteiger partial charge in [0.15, 0.2) is 0 Å². The van der Waals surface area contributed by atoms with E-state index in [9.17, 15) is 9.90 Å². The standard InChI is InChI=1S/C14H23NO3S/c1-6-9(2)14(4,17)8-15-13(16)12-11(18-5)7-10(3)19-12/h7,9,17H,6,8H2,1-5H3,(H,15,16). The summed E-state index contributed by atoms with van der Waals surface area (Å²) in [5.41, 5.74) is -0.899. The number of nitrogens with one attached hydrogen (secondary N) is 1. The van der Waals surface area contributed by atoms with Crippen molar-refractivity contribution in [3.63, 3.8) is 0 Å². The molecule has 2 atom stereocenters. The van der Waals surface area contributed by atoms with Crippen molar-refractivity contribution in [3.05, 3.63) is 15.8 Å². The quantitative estimate of drug-likeness (QED) is 0.844. The van der Waals surface area contributed by atoms with Gasteiger partial charge in [-0.2, -0.15) is 0 Å². The van der Waals surface area contributed by atoms with E-state index >= 15 is 0 Å². The van der Waals surface area contributed by atoms with Gasteiger partial charge in [-0.1, -0.05) is 20.3 Å². The summed E-state index contributed by atoms with van der Waals surface area (Å²) in [6.45, 7) is 7.91. The lowest BCUT2D eigenvalue weighted by atomic mass is 9.88. The fourth-order valence-corrected chi connectivity index (χ4v) is 2.65. The summed E-state index contributed by atoms with van der Waals surface area (Å²) in [7, 11) is 1.55.